The number of nitrogens with zero attached hydrogens (tertiary/aromatic N) is 4. The van der Waals surface area contributed by atoms with Crippen molar-refractivity contribution in [1.29, 1.82) is 5.26 Å². The van der Waals surface area contributed by atoms with Crippen molar-refractivity contribution in [1.82, 2.24) is 9.88 Å². The van der Waals surface area contributed by atoms with E-state index >= 15 is 0 Å². The van der Waals surface area contributed by atoms with Crippen molar-refractivity contribution >= 4 is 5.82 Å². The van der Waals surface area contributed by atoms with Crippen LogP contribution in [0.3, 0.4) is 0 Å². The second-order valence-corrected chi connectivity index (χ2v) is 5.44. The third kappa shape index (κ3) is 3.09. The van der Waals surface area contributed by atoms with Crippen LogP contribution >= 0.6 is 0 Å². The summed E-state index contributed by atoms with van der Waals surface area (Å²) in [5.41, 5.74) is 0.616. The number of ether oxygens (including phenoxy) is 1. The average molecular weight is 272 g/mol. The topological polar surface area (TPSA) is 52.4 Å². The molecule has 5 nitrogen and oxygen atoms in total. The Balaban J connectivity index is 1.51. The number of hydrogen-bond donors (Lipinski definition) is 0. The van der Waals surface area contributed by atoms with E-state index in [9.17, 15) is 0 Å². The van der Waals surface area contributed by atoms with Crippen molar-refractivity contribution in [3.63, 3.8) is 0 Å². The van der Waals surface area contributed by atoms with Crippen LogP contribution in [0, 0.1) is 11.3 Å². The first-order valence-corrected chi connectivity index (χ1v) is 7.30. The van der Waals surface area contributed by atoms with Gasteiger partial charge < -0.3 is 9.64 Å². The fraction of sp³-hybridized carbons (Fsp3) is 0.600. The van der Waals surface area contributed by atoms with Crippen LogP contribution in [0.15, 0.2) is 18.3 Å². The number of pyridine rings is 1. The van der Waals surface area contributed by atoms with Gasteiger partial charge in [0.2, 0.25) is 0 Å². The van der Waals surface area contributed by atoms with E-state index in [1.807, 2.05) is 12.1 Å². The Morgan fingerprint density at radius 2 is 2.15 bits per heavy atom. The molecule has 1 atom stereocenters. The van der Waals surface area contributed by atoms with E-state index in [0.29, 0.717) is 11.7 Å². The van der Waals surface area contributed by atoms with Crippen LogP contribution < -0.4 is 4.90 Å². The van der Waals surface area contributed by atoms with Crippen LogP contribution in [0.5, 0.6) is 0 Å². The summed E-state index contributed by atoms with van der Waals surface area (Å²) in [6, 6.07) is 5.87. The van der Waals surface area contributed by atoms with Crippen LogP contribution in [-0.4, -0.2) is 55.3 Å². The number of piperazine rings is 1. The summed E-state index contributed by atoms with van der Waals surface area (Å²) in [7, 11) is 0. The van der Waals surface area contributed by atoms with Crippen molar-refractivity contribution in [3.05, 3.63) is 23.9 Å². The molecule has 0 N–H and O–H groups in total. The van der Waals surface area contributed by atoms with Gasteiger partial charge in [0.05, 0.1) is 11.7 Å². The molecule has 3 rings (SSSR count). The second kappa shape index (κ2) is 6.21. The minimum absolute atomic E-state index is 0.439. The molecule has 1 aromatic heterocycles. The number of anilines is 1. The summed E-state index contributed by atoms with van der Waals surface area (Å²) in [6.07, 6.45) is 4.50. The molecule has 0 radical (unpaired) electrons. The maximum Gasteiger partial charge on any atom is 0.128 e. The Morgan fingerprint density at radius 1 is 1.30 bits per heavy atom. The average Bonchev–Trinajstić information content (AvgIpc) is 3.01. The zero-order chi connectivity index (χ0) is 13.8. The first kappa shape index (κ1) is 13.3. The fourth-order valence-electron chi connectivity index (χ4n) is 2.88. The van der Waals surface area contributed by atoms with Crippen LogP contribution in [0.1, 0.15) is 18.4 Å². The molecular formula is C15H20N4O. The first-order chi connectivity index (χ1) is 9.85. The van der Waals surface area contributed by atoms with Gasteiger partial charge in [-0.25, -0.2) is 4.98 Å². The Bertz CT molecular complexity index is 468. The number of nitriles is 1. The summed E-state index contributed by atoms with van der Waals surface area (Å²) < 4.78 is 5.69. The molecule has 2 aliphatic heterocycles. The minimum atomic E-state index is 0.439. The summed E-state index contributed by atoms with van der Waals surface area (Å²) in [4.78, 5) is 9.13. The van der Waals surface area contributed by atoms with E-state index in [-0.39, 0.29) is 0 Å². The summed E-state index contributed by atoms with van der Waals surface area (Å²) in [6.45, 7) is 6.09. The molecule has 20 heavy (non-hydrogen) atoms. The fourth-order valence-corrected chi connectivity index (χ4v) is 2.88. The highest BCUT2D eigenvalue weighted by Gasteiger charge is 2.23. The smallest absolute Gasteiger partial charge is 0.128 e. The minimum Gasteiger partial charge on any atom is -0.377 e. The summed E-state index contributed by atoms with van der Waals surface area (Å²) in [5, 5.41) is 8.79. The molecule has 0 aliphatic carbocycles. The van der Waals surface area contributed by atoms with Gasteiger partial charge in [0.15, 0.2) is 0 Å². The molecule has 2 aliphatic rings. The molecule has 1 aromatic rings. The normalized spacial score (nSPS) is 23.8. The van der Waals surface area contributed by atoms with E-state index in [1.165, 1.54) is 12.8 Å². The monoisotopic (exact) mass is 272 g/mol. The maximum absolute atomic E-state index is 8.79. The lowest BCUT2D eigenvalue weighted by atomic mass is 10.2. The number of aromatic nitrogens is 1. The van der Waals surface area contributed by atoms with Gasteiger partial charge in [-0.2, -0.15) is 5.26 Å². The Morgan fingerprint density at radius 3 is 2.75 bits per heavy atom. The first-order valence-electron chi connectivity index (χ1n) is 7.30. The Labute approximate surface area is 119 Å². The van der Waals surface area contributed by atoms with Crippen LogP contribution in [0.2, 0.25) is 0 Å². The molecule has 0 bridgehead atoms. The second-order valence-electron chi connectivity index (χ2n) is 5.44. The molecule has 2 saturated heterocycles. The Hall–Kier alpha value is -1.64. The highest BCUT2D eigenvalue weighted by molar-refractivity contribution is 5.42. The van der Waals surface area contributed by atoms with Gasteiger partial charge in [-0.1, -0.05) is 0 Å². The number of hydrogen-bond acceptors (Lipinski definition) is 5. The Kier molecular flexibility index (Phi) is 4.14. The highest BCUT2D eigenvalue weighted by atomic mass is 16.5. The third-order valence-corrected chi connectivity index (χ3v) is 4.06. The quantitative estimate of drug-likeness (QED) is 0.829. The van der Waals surface area contributed by atoms with Gasteiger partial charge in [-0.15, -0.1) is 0 Å². The number of rotatable bonds is 3. The van der Waals surface area contributed by atoms with Gasteiger partial charge in [-0.3, -0.25) is 4.90 Å². The van der Waals surface area contributed by atoms with Crippen LogP contribution in [0.25, 0.3) is 0 Å². The van der Waals surface area contributed by atoms with E-state index < -0.39 is 0 Å². The summed E-state index contributed by atoms with van der Waals surface area (Å²) >= 11 is 0. The predicted octanol–water partition coefficient (Wildman–Crippen LogP) is 1.25. The molecule has 1 unspecified atom stereocenters. The lowest BCUT2D eigenvalue weighted by Gasteiger charge is -2.36. The van der Waals surface area contributed by atoms with Crippen molar-refractivity contribution in [3.8, 4) is 6.07 Å². The van der Waals surface area contributed by atoms with E-state index in [2.05, 4.69) is 20.9 Å². The zero-order valence-electron chi connectivity index (χ0n) is 11.7. The van der Waals surface area contributed by atoms with Crippen molar-refractivity contribution in [2.75, 3.05) is 44.2 Å². The molecule has 0 amide bonds. The standard InChI is InChI=1S/C15H20N4O/c16-10-13-3-4-15(17-11-13)19-7-5-18(6-8-19)12-14-2-1-9-20-14/h3-4,11,14H,1-2,5-9,12H2. The summed E-state index contributed by atoms with van der Waals surface area (Å²) in [5.74, 6) is 0.973. The molecule has 106 valence electrons. The SMILES string of the molecule is N#Cc1ccc(N2CCN(CC3CCCO3)CC2)nc1. The molecule has 0 saturated carbocycles. The van der Waals surface area contributed by atoms with Gasteiger partial charge in [0, 0.05) is 45.5 Å². The van der Waals surface area contributed by atoms with Crippen LogP contribution in [-0.2, 0) is 4.74 Å². The van der Waals surface area contributed by atoms with E-state index in [4.69, 9.17) is 10.00 Å². The van der Waals surface area contributed by atoms with Crippen LogP contribution in [0.4, 0.5) is 5.82 Å². The molecule has 0 spiro atoms. The lowest BCUT2D eigenvalue weighted by Crippen LogP contribution is -2.48. The zero-order valence-corrected chi connectivity index (χ0v) is 11.7. The van der Waals surface area contributed by atoms with E-state index in [0.717, 1.165) is 45.1 Å². The van der Waals surface area contributed by atoms with E-state index in [1.54, 1.807) is 6.20 Å². The lowest BCUT2D eigenvalue weighted by molar-refractivity contribution is 0.0712. The van der Waals surface area contributed by atoms with Gasteiger partial charge in [-0.05, 0) is 25.0 Å². The van der Waals surface area contributed by atoms with Crippen molar-refractivity contribution in [2.45, 2.75) is 18.9 Å². The van der Waals surface area contributed by atoms with Gasteiger partial charge in [0.25, 0.3) is 0 Å². The van der Waals surface area contributed by atoms with Gasteiger partial charge in [0.1, 0.15) is 11.9 Å². The molecular weight excluding hydrogens is 252 g/mol. The largest absolute Gasteiger partial charge is 0.377 e. The molecule has 2 fully saturated rings. The van der Waals surface area contributed by atoms with Crippen molar-refractivity contribution in [2.24, 2.45) is 0 Å². The van der Waals surface area contributed by atoms with Gasteiger partial charge >= 0.3 is 0 Å². The molecule has 5 heteroatoms. The predicted molar refractivity (Wildman–Crippen MR) is 76.6 cm³/mol. The molecule has 3 heterocycles. The molecule has 0 aromatic carbocycles. The highest BCUT2D eigenvalue weighted by Crippen LogP contribution is 2.17. The van der Waals surface area contributed by atoms with Crippen molar-refractivity contribution < 1.29 is 4.74 Å². The maximum atomic E-state index is 8.79. The third-order valence-electron chi connectivity index (χ3n) is 4.06.